The van der Waals surface area contributed by atoms with Crippen molar-refractivity contribution in [3.8, 4) is 12.3 Å². The number of aromatic nitrogens is 1. The van der Waals surface area contributed by atoms with Crippen LogP contribution in [0.2, 0.25) is 0 Å². The molecule has 18 heavy (non-hydrogen) atoms. The highest BCUT2D eigenvalue weighted by Crippen LogP contribution is 2.08. The van der Waals surface area contributed by atoms with Crippen molar-refractivity contribution < 1.29 is 14.1 Å². The number of nitrogens with zero attached hydrogens (tertiary/aromatic N) is 1. The molecular weight excluding hydrogens is 254 g/mol. The number of aryl methyl sites for hydroxylation is 1. The molecule has 0 radical (unpaired) electrons. The van der Waals surface area contributed by atoms with Crippen LogP contribution in [0, 0.1) is 19.3 Å². The molecule has 0 atom stereocenters. The van der Waals surface area contributed by atoms with Gasteiger partial charge in [-0.2, -0.15) is 0 Å². The predicted octanol–water partition coefficient (Wildman–Crippen LogP) is 0.404. The van der Waals surface area contributed by atoms with Crippen LogP contribution in [0.4, 0.5) is 5.82 Å². The smallest absolute Gasteiger partial charge is 0.235 e. The van der Waals surface area contributed by atoms with E-state index in [1.165, 1.54) is 11.8 Å². The van der Waals surface area contributed by atoms with Crippen LogP contribution < -0.4 is 10.6 Å². The number of anilines is 1. The molecule has 0 spiro atoms. The van der Waals surface area contributed by atoms with E-state index in [4.69, 9.17) is 10.9 Å². The van der Waals surface area contributed by atoms with Gasteiger partial charge in [0, 0.05) is 6.07 Å². The van der Waals surface area contributed by atoms with E-state index in [-0.39, 0.29) is 29.9 Å². The Bertz CT molecular complexity index is 464. The molecule has 1 rings (SSSR count). The Morgan fingerprint density at radius 2 is 2.22 bits per heavy atom. The van der Waals surface area contributed by atoms with E-state index in [1.807, 2.05) is 0 Å². The topological polar surface area (TPSA) is 84.2 Å². The van der Waals surface area contributed by atoms with Crippen LogP contribution in [0.1, 0.15) is 5.76 Å². The van der Waals surface area contributed by atoms with Gasteiger partial charge < -0.3 is 15.2 Å². The fraction of sp³-hybridized carbons (Fsp3) is 0.364. The average Bonchev–Trinajstić information content (AvgIpc) is 2.72. The second-order valence-corrected chi connectivity index (χ2v) is 4.33. The number of nitrogens with one attached hydrogen (secondary N) is 2. The highest BCUT2D eigenvalue weighted by molar-refractivity contribution is 8.00. The SMILES string of the molecule is C#CCNC(=O)CSCC(=O)Nc1cc(C)on1. The Hall–Kier alpha value is -1.94. The minimum absolute atomic E-state index is 0.162. The molecule has 2 N–H and O–H groups in total. The van der Waals surface area contributed by atoms with Crippen LogP contribution in [0.5, 0.6) is 0 Å². The molecule has 1 aromatic rings. The van der Waals surface area contributed by atoms with Crippen molar-refractivity contribution >= 4 is 29.4 Å². The number of hydrogen-bond acceptors (Lipinski definition) is 5. The second kappa shape index (κ2) is 7.40. The lowest BCUT2D eigenvalue weighted by Gasteiger charge is -2.02. The van der Waals surface area contributed by atoms with E-state index in [9.17, 15) is 9.59 Å². The predicted molar refractivity (Wildman–Crippen MR) is 69.0 cm³/mol. The van der Waals surface area contributed by atoms with Gasteiger partial charge in [-0.25, -0.2) is 0 Å². The third-order valence-electron chi connectivity index (χ3n) is 1.75. The quantitative estimate of drug-likeness (QED) is 0.729. The molecule has 0 aromatic carbocycles. The summed E-state index contributed by atoms with van der Waals surface area (Å²) in [5.74, 6) is 3.20. The van der Waals surface area contributed by atoms with Gasteiger partial charge in [0.15, 0.2) is 5.82 Å². The third-order valence-corrected chi connectivity index (χ3v) is 2.68. The monoisotopic (exact) mass is 267 g/mol. The van der Waals surface area contributed by atoms with Gasteiger partial charge in [-0.1, -0.05) is 11.1 Å². The Morgan fingerprint density at radius 3 is 2.83 bits per heavy atom. The van der Waals surface area contributed by atoms with E-state index in [0.29, 0.717) is 11.6 Å². The first-order valence-electron chi connectivity index (χ1n) is 5.13. The second-order valence-electron chi connectivity index (χ2n) is 3.34. The summed E-state index contributed by atoms with van der Waals surface area (Å²) in [5, 5.41) is 8.68. The molecule has 6 nitrogen and oxygen atoms in total. The number of carbonyl (C=O) groups is 2. The summed E-state index contributed by atoms with van der Waals surface area (Å²) in [6.45, 7) is 1.93. The molecule has 0 aliphatic heterocycles. The standard InChI is InChI=1S/C11H13N3O3S/c1-3-4-12-10(15)6-18-7-11(16)13-9-5-8(2)17-14-9/h1,5H,4,6-7H2,2H3,(H,12,15)(H,13,14,16). The summed E-state index contributed by atoms with van der Waals surface area (Å²) < 4.78 is 4.80. The third kappa shape index (κ3) is 5.41. The largest absolute Gasteiger partial charge is 0.360 e. The summed E-state index contributed by atoms with van der Waals surface area (Å²) in [6, 6.07) is 1.61. The minimum atomic E-state index is -0.238. The number of amides is 2. The van der Waals surface area contributed by atoms with E-state index in [1.54, 1.807) is 13.0 Å². The van der Waals surface area contributed by atoms with Crippen LogP contribution in [0.3, 0.4) is 0 Å². The molecule has 0 saturated heterocycles. The zero-order chi connectivity index (χ0) is 13.4. The lowest BCUT2D eigenvalue weighted by molar-refractivity contribution is -0.118. The van der Waals surface area contributed by atoms with E-state index in [0.717, 1.165) is 0 Å². The highest BCUT2D eigenvalue weighted by atomic mass is 32.2. The minimum Gasteiger partial charge on any atom is -0.360 e. The maximum atomic E-state index is 11.4. The van der Waals surface area contributed by atoms with Crippen LogP contribution in [-0.2, 0) is 9.59 Å². The molecule has 0 aliphatic carbocycles. The summed E-state index contributed by atoms with van der Waals surface area (Å²) in [6.07, 6.45) is 4.99. The first-order valence-corrected chi connectivity index (χ1v) is 6.28. The van der Waals surface area contributed by atoms with Crippen molar-refractivity contribution in [2.24, 2.45) is 0 Å². The molecule has 0 bridgehead atoms. The van der Waals surface area contributed by atoms with Gasteiger partial charge >= 0.3 is 0 Å². The molecule has 7 heteroatoms. The van der Waals surface area contributed by atoms with Crippen molar-refractivity contribution in [2.75, 3.05) is 23.4 Å². The Balaban J connectivity index is 2.18. The number of thioether (sulfide) groups is 1. The van der Waals surface area contributed by atoms with Crippen LogP contribution in [-0.4, -0.2) is 35.0 Å². The maximum Gasteiger partial charge on any atom is 0.235 e. The summed E-state index contributed by atoms with van der Waals surface area (Å²) >= 11 is 1.19. The zero-order valence-corrected chi connectivity index (χ0v) is 10.7. The molecule has 0 fully saturated rings. The van der Waals surface area contributed by atoms with Gasteiger partial charge in [0.2, 0.25) is 11.8 Å². The maximum absolute atomic E-state index is 11.4. The van der Waals surface area contributed by atoms with Crippen molar-refractivity contribution in [1.82, 2.24) is 10.5 Å². The van der Waals surface area contributed by atoms with Gasteiger partial charge in [0.25, 0.3) is 0 Å². The van der Waals surface area contributed by atoms with Crippen LogP contribution in [0.15, 0.2) is 10.6 Å². The molecule has 2 amide bonds. The van der Waals surface area contributed by atoms with E-state index < -0.39 is 0 Å². The molecule has 0 unspecified atom stereocenters. The van der Waals surface area contributed by atoms with Crippen LogP contribution in [0.25, 0.3) is 0 Å². The summed E-state index contributed by atoms with van der Waals surface area (Å²) in [7, 11) is 0. The number of carbonyl (C=O) groups excluding carboxylic acids is 2. The number of terminal acetylenes is 1. The molecule has 1 heterocycles. The van der Waals surface area contributed by atoms with Gasteiger partial charge in [0.05, 0.1) is 18.1 Å². The fourth-order valence-corrected chi connectivity index (χ4v) is 1.69. The molecule has 1 aromatic heterocycles. The molecular formula is C11H13N3O3S. The first-order chi connectivity index (χ1) is 8.61. The first kappa shape index (κ1) is 14.1. The van der Waals surface area contributed by atoms with E-state index in [2.05, 4.69) is 21.7 Å². The van der Waals surface area contributed by atoms with Gasteiger partial charge in [-0.3, -0.25) is 9.59 Å². The molecule has 0 aliphatic rings. The molecule has 96 valence electrons. The highest BCUT2D eigenvalue weighted by Gasteiger charge is 2.07. The fourth-order valence-electron chi connectivity index (χ4n) is 1.04. The number of rotatable bonds is 6. The van der Waals surface area contributed by atoms with Gasteiger partial charge in [0.1, 0.15) is 5.76 Å². The van der Waals surface area contributed by atoms with Crippen molar-refractivity contribution in [3.63, 3.8) is 0 Å². The lowest BCUT2D eigenvalue weighted by atomic mass is 10.5. The lowest BCUT2D eigenvalue weighted by Crippen LogP contribution is -2.26. The summed E-state index contributed by atoms with van der Waals surface area (Å²) in [4.78, 5) is 22.6. The Labute approximate surface area is 109 Å². The van der Waals surface area contributed by atoms with E-state index >= 15 is 0 Å². The van der Waals surface area contributed by atoms with Gasteiger partial charge in [-0.15, -0.1) is 18.2 Å². The van der Waals surface area contributed by atoms with Crippen molar-refractivity contribution in [2.45, 2.75) is 6.92 Å². The molecule has 0 saturated carbocycles. The number of hydrogen-bond donors (Lipinski definition) is 2. The zero-order valence-electron chi connectivity index (χ0n) is 9.86. The van der Waals surface area contributed by atoms with Crippen molar-refractivity contribution in [1.29, 1.82) is 0 Å². The van der Waals surface area contributed by atoms with Crippen LogP contribution >= 0.6 is 11.8 Å². The average molecular weight is 267 g/mol. The Kier molecular flexibility index (Phi) is 5.80. The Morgan fingerprint density at radius 1 is 1.50 bits per heavy atom. The van der Waals surface area contributed by atoms with Gasteiger partial charge in [-0.05, 0) is 6.92 Å². The normalized spacial score (nSPS) is 9.56. The summed E-state index contributed by atoms with van der Waals surface area (Å²) in [5.41, 5.74) is 0. The van der Waals surface area contributed by atoms with Crippen molar-refractivity contribution in [3.05, 3.63) is 11.8 Å².